The zero-order chi connectivity index (χ0) is 15.3. The van der Waals surface area contributed by atoms with Crippen LogP contribution in [0.2, 0.25) is 0 Å². The summed E-state index contributed by atoms with van der Waals surface area (Å²) in [6, 6.07) is 3.37. The molecule has 1 heterocycles. The maximum Gasteiger partial charge on any atom is 0.253 e. The van der Waals surface area contributed by atoms with Crippen LogP contribution in [0.25, 0.3) is 0 Å². The first-order chi connectivity index (χ1) is 9.99. The fourth-order valence-electron chi connectivity index (χ4n) is 2.58. The van der Waals surface area contributed by atoms with Crippen molar-refractivity contribution >= 4 is 11.8 Å². The van der Waals surface area contributed by atoms with E-state index in [4.69, 9.17) is 0 Å². The third kappa shape index (κ3) is 4.28. The van der Waals surface area contributed by atoms with Crippen molar-refractivity contribution in [1.82, 2.24) is 15.6 Å². The lowest BCUT2D eigenvalue weighted by Gasteiger charge is -2.26. The lowest BCUT2D eigenvalue weighted by atomic mass is 10.0. The van der Waals surface area contributed by atoms with Crippen LogP contribution >= 0.6 is 0 Å². The number of carbonyl (C=O) groups excluding carboxylic acids is 2. The number of pyridine rings is 1. The highest BCUT2D eigenvalue weighted by molar-refractivity contribution is 5.98. The number of nitrogens with zero attached hydrogens (tertiary/aromatic N) is 1. The highest BCUT2D eigenvalue weighted by Crippen LogP contribution is 2.23. The standard InChI is InChI=1S/C16H23N3O2/c1-16(2,15(21)18-10-12-6-3-4-7-12)19-14(20)13-8-5-9-17-11-13/h5,8-9,11-12H,3-4,6-7,10H2,1-2H3,(H,18,21)(H,19,20). The molecule has 0 aromatic carbocycles. The molecule has 1 fully saturated rings. The van der Waals surface area contributed by atoms with Gasteiger partial charge in [-0.25, -0.2) is 0 Å². The third-order valence-corrected chi connectivity index (χ3v) is 3.94. The fourth-order valence-corrected chi connectivity index (χ4v) is 2.58. The van der Waals surface area contributed by atoms with Crippen molar-refractivity contribution in [3.05, 3.63) is 30.1 Å². The van der Waals surface area contributed by atoms with Gasteiger partial charge in [-0.05, 0) is 44.7 Å². The summed E-state index contributed by atoms with van der Waals surface area (Å²) in [7, 11) is 0. The zero-order valence-electron chi connectivity index (χ0n) is 12.7. The van der Waals surface area contributed by atoms with Gasteiger partial charge in [-0.15, -0.1) is 0 Å². The zero-order valence-corrected chi connectivity index (χ0v) is 12.7. The molecule has 1 aromatic rings. The summed E-state index contributed by atoms with van der Waals surface area (Å²) in [4.78, 5) is 28.2. The van der Waals surface area contributed by atoms with Gasteiger partial charge >= 0.3 is 0 Å². The van der Waals surface area contributed by atoms with Crippen LogP contribution in [-0.4, -0.2) is 28.9 Å². The maximum atomic E-state index is 12.2. The lowest BCUT2D eigenvalue weighted by Crippen LogP contribution is -2.55. The van der Waals surface area contributed by atoms with Crippen LogP contribution in [0.4, 0.5) is 0 Å². The second-order valence-corrected chi connectivity index (χ2v) is 6.18. The van der Waals surface area contributed by atoms with Crippen LogP contribution in [0.5, 0.6) is 0 Å². The topological polar surface area (TPSA) is 71.1 Å². The Bertz CT molecular complexity index is 494. The molecule has 0 radical (unpaired) electrons. The molecule has 1 aliphatic rings. The molecule has 0 atom stereocenters. The Morgan fingerprint density at radius 1 is 1.33 bits per heavy atom. The smallest absolute Gasteiger partial charge is 0.253 e. The minimum atomic E-state index is -0.939. The van der Waals surface area contributed by atoms with Gasteiger partial charge in [0.25, 0.3) is 5.91 Å². The summed E-state index contributed by atoms with van der Waals surface area (Å²) in [6.07, 6.45) is 7.97. The quantitative estimate of drug-likeness (QED) is 0.869. The Morgan fingerprint density at radius 3 is 2.67 bits per heavy atom. The van der Waals surface area contributed by atoms with Crippen LogP contribution < -0.4 is 10.6 Å². The van der Waals surface area contributed by atoms with Crippen molar-refractivity contribution in [2.24, 2.45) is 5.92 Å². The van der Waals surface area contributed by atoms with Gasteiger partial charge < -0.3 is 10.6 Å². The second-order valence-electron chi connectivity index (χ2n) is 6.18. The molecule has 1 saturated carbocycles. The van der Waals surface area contributed by atoms with Gasteiger partial charge in [-0.2, -0.15) is 0 Å². The van der Waals surface area contributed by atoms with E-state index in [1.165, 1.54) is 31.9 Å². The molecule has 0 saturated heterocycles. The largest absolute Gasteiger partial charge is 0.354 e. The van der Waals surface area contributed by atoms with Crippen LogP contribution in [0.15, 0.2) is 24.5 Å². The molecular formula is C16H23N3O2. The van der Waals surface area contributed by atoms with E-state index < -0.39 is 5.54 Å². The maximum absolute atomic E-state index is 12.2. The van der Waals surface area contributed by atoms with E-state index in [0.717, 1.165) is 0 Å². The molecule has 0 spiro atoms. The summed E-state index contributed by atoms with van der Waals surface area (Å²) in [5.74, 6) is 0.148. The van der Waals surface area contributed by atoms with E-state index in [9.17, 15) is 9.59 Å². The monoisotopic (exact) mass is 289 g/mol. The first-order valence-electron chi connectivity index (χ1n) is 7.50. The molecule has 0 aliphatic heterocycles. The van der Waals surface area contributed by atoms with Gasteiger partial charge in [0.15, 0.2) is 0 Å². The van der Waals surface area contributed by atoms with Crippen LogP contribution in [0, 0.1) is 5.92 Å². The minimum Gasteiger partial charge on any atom is -0.354 e. The molecule has 0 unspecified atom stereocenters. The van der Waals surface area contributed by atoms with Gasteiger partial charge in [0.05, 0.1) is 5.56 Å². The molecule has 5 nitrogen and oxygen atoms in total. The SMILES string of the molecule is CC(C)(NC(=O)c1cccnc1)C(=O)NCC1CCCC1. The van der Waals surface area contributed by atoms with Crippen molar-refractivity contribution in [2.45, 2.75) is 45.1 Å². The average Bonchev–Trinajstić information content (AvgIpc) is 2.98. The number of rotatable bonds is 5. The molecule has 1 aliphatic carbocycles. The third-order valence-electron chi connectivity index (χ3n) is 3.94. The molecule has 0 bridgehead atoms. The van der Waals surface area contributed by atoms with E-state index in [1.54, 1.807) is 32.2 Å². The number of hydrogen-bond donors (Lipinski definition) is 2. The predicted octanol–water partition coefficient (Wildman–Crippen LogP) is 1.90. The van der Waals surface area contributed by atoms with Gasteiger partial charge in [0.1, 0.15) is 5.54 Å². The van der Waals surface area contributed by atoms with E-state index in [2.05, 4.69) is 15.6 Å². The van der Waals surface area contributed by atoms with Crippen molar-refractivity contribution in [3.63, 3.8) is 0 Å². The molecule has 2 N–H and O–H groups in total. The summed E-state index contributed by atoms with van der Waals surface area (Å²) in [6.45, 7) is 4.13. The number of hydrogen-bond acceptors (Lipinski definition) is 3. The summed E-state index contributed by atoms with van der Waals surface area (Å²) >= 11 is 0. The van der Waals surface area contributed by atoms with Crippen molar-refractivity contribution < 1.29 is 9.59 Å². The van der Waals surface area contributed by atoms with E-state index >= 15 is 0 Å². The van der Waals surface area contributed by atoms with E-state index in [1.807, 2.05) is 0 Å². The molecule has 2 rings (SSSR count). The van der Waals surface area contributed by atoms with Gasteiger partial charge in [-0.1, -0.05) is 12.8 Å². The molecule has 1 aromatic heterocycles. The summed E-state index contributed by atoms with van der Waals surface area (Å²) in [5.41, 5.74) is -0.486. The molecular weight excluding hydrogens is 266 g/mol. The molecule has 21 heavy (non-hydrogen) atoms. The summed E-state index contributed by atoms with van der Waals surface area (Å²) < 4.78 is 0. The van der Waals surface area contributed by atoms with Crippen LogP contribution in [0.3, 0.4) is 0 Å². The Kier molecular flexibility index (Phi) is 4.94. The Balaban J connectivity index is 1.87. The molecule has 114 valence electrons. The van der Waals surface area contributed by atoms with Gasteiger partial charge in [0.2, 0.25) is 5.91 Å². The Labute approximate surface area is 125 Å². The Hall–Kier alpha value is -1.91. The van der Waals surface area contributed by atoms with E-state index in [0.29, 0.717) is 18.0 Å². The second kappa shape index (κ2) is 6.70. The minimum absolute atomic E-state index is 0.147. The van der Waals surface area contributed by atoms with Gasteiger partial charge in [-0.3, -0.25) is 14.6 Å². The van der Waals surface area contributed by atoms with Crippen molar-refractivity contribution in [3.8, 4) is 0 Å². The Morgan fingerprint density at radius 2 is 2.05 bits per heavy atom. The van der Waals surface area contributed by atoms with E-state index in [-0.39, 0.29) is 11.8 Å². The van der Waals surface area contributed by atoms with Crippen LogP contribution in [-0.2, 0) is 4.79 Å². The van der Waals surface area contributed by atoms with Crippen molar-refractivity contribution in [2.75, 3.05) is 6.54 Å². The molecule has 5 heteroatoms. The predicted molar refractivity (Wildman–Crippen MR) is 80.7 cm³/mol. The molecule has 2 amide bonds. The number of aromatic nitrogens is 1. The number of amides is 2. The average molecular weight is 289 g/mol. The first kappa shape index (κ1) is 15.5. The fraction of sp³-hybridized carbons (Fsp3) is 0.562. The number of nitrogens with one attached hydrogen (secondary N) is 2. The normalized spacial score (nSPS) is 15.7. The number of carbonyl (C=O) groups is 2. The highest BCUT2D eigenvalue weighted by atomic mass is 16.2. The van der Waals surface area contributed by atoms with Gasteiger partial charge in [0, 0.05) is 18.9 Å². The lowest BCUT2D eigenvalue weighted by molar-refractivity contribution is -0.126. The first-order valence-corrected chi connectivity index (χ1v) is 7.50. The summed E-state index contributed by atoms with van der Waals surface area (Å²) in [5, 5.41) is 5.71. The van der Waals surface area contributed by atoms with Crippen molar-refractivity contribution in [1.29, 1.82) is 0 Å². The highest BCUT2D eigenvalue weighted by Gasteiger charge is 2.30. The van der Waals surface area contributed by atoms with Crippen LogP contribution in [0.1, 0.15) is 49.9 Å².